The van der Waals surface area contributed by atoms with E-state index in [0.717, 1.165) is 19.3 Å². The van der Waals surface area contributed by atoms with E-state index in [0.29, 0.717) is 11.3 Å². The summed E-state index contributed by atoms with van der Waals surface area (Å²) in [7, 11) is -3.66. The third kappa shape index (κ3) is 3.99. The van der Waals surface area contributed by atoms with E-state index in [9.17, 15) is 13.2 Å². The molecule has 1 fully saturated rings. The molecule has 1 aliphatic rings. The lowest BCUT2D eigenvalue weighted by Crippen LogP contribution is -2.47. The molecule has 1 N–H and O–H groups in total. The number of furan rings is 1. The molecule has 3 rings (SSSR count). The fourth-order valence-corrected chi connectivity index (χ4v) is 4.40. The minimum atomic E-state index is -3.66. The van der Waals surface area contributed by atoms with E-state index >= 15 is 0 Å². The van der Waals surface area contributed by atoms with Crippen molar-refractivity contribution in [3.05, 3.63) is 54.0 Å². The van der Waals surface area contributed by atoms with Gasteiger partial charge in [-0.1, -0.05) is 0 Å². The Morgan fingerprint density at radius 1 is 1.15 bits per heavy atom. The molecule has 1 aromatic carbocycles. The number of rotatable bonds is 5. The molecule has 1 aliphatic heterocycles. The maximum absolute atomic E-state index is 12.8. The second-order valence-electron chi connectivity index (χ2n) is 6.77. The molecule has 6 nitrogen and oxygen atoms in total. The van der Waals surface area contributed by atoms with Gasteiger partial charge in [0.05, 0.1) is 17.7 Å². The lowest BCUT2D eigenvalue weighted by molar-refractivity contribution is 0.0510. The molecule has 0 radical (unpaired) electrons. The smallest absolute Gasteiger partial charge is 0.254 e. The molecule has 1 amide bonds. The number of nitrogens with zero attached hydrogens (tertiary/aromatic N) is 1. The average Bonchev–Trinajstić information content (AvgIpc) is 3.13. The van der Waals surface area contributed by atoms with E-state index < -0.39 is 10.0 Å². The van der Waals surface area contributed by atoms with Crippen molar-refractivity contribution in [1.29, 1.82) is 0 Å². The standard InChI is InChI=1S/C19H24N2O4S/c1-14-5-3-6-15(2)21(14)19(22)16-8-10-18(11-9-16)26(23,24)20-13-17-7-4-12-25-17/h4,7-12,14-15,20H,3,5-6,13H2,1-2H3/t14-,15-/m0/s1. The highest BCUT2D eigenvalue weighted by Gasteiger charge is 2.29. The Morgan fingerprint density at radius 2 is 1.81 bits per heavy atom. The molecule has 0 saturated carbocycles. The van der Waals surface area contributed by atoms with E-state index in [1.165, 1.54) is 18.4 Å². The van der Waals surface area contributed by atoms with Crippen LogP contribution >= 0.6 is 0 Å². The summed E-state index contributed by atoms with van der Waals surface area (Å²) in [5.41, 5.74) is 0.510. The van der Waals surface area contributed by atoms with E-state index in [4.69, 9.17) is 4.42 Å². The summed E-state index contributed by atoms with van der Waals surface area (Å²) in [6.45, 7) is 4.20. The lowest BCUT2D eigenvalue weighted by atomic mass is 9.96. The summed E-state index contributed by atoms with van der Waals surface area (Å²) >= 11 is 0. The molecule has 2 atom stereocenters. The van der Waals surface area contributed by atoms with Gasteiger partial charge in [-0.3, -0.25) is 4.79 Å². The van der Waals surface area contributed by atoms with E-state index in [1.807, 2.05) is 4.90 Å². The van der Waals surface area contributed by atoms with E-state index in [1.54, 1.807) is 24.3 Å². The Hall–Kier alpha value is -2.12. The topological polar surface area (TPSA) is 79.6 Å². The molecule has 1 saturated heterocycles. The first-order valence-electron chi connectivity index (χ1n) is 8.83. The molecular weight excluding hydrogens is 352 g/mol. The van der Waals surface area contributed by atoms with Crippen LogP contribution in [-0.2, 0) is 16.6 Å². The number of likely N-dealkylation sites (tertiary alicyclic amines) is 1. The monoisotopic (exact) mass is 376 g/mol. The first-order chi connectivity index (χ1) is 12.4. The molecule has 0 spiro atoms. The third-order valence-electron chi connectivity index (χ3n) is 4.86. The summed E-state index contributed by atoms with van der Waals surface area (Å²) < 4.78 is 32.3. The molecule has 7 heteroatoms. The van der Waals surface area contributed by atoms with Gasteiger partial charge < -0.3 is 9.32 Å². The number of carbonyl (C=O) groups is 1. The lowest BCUT2D eigenvalue weighted by Gasteiger charge is -2.39. The number of nitrogens with one attached hydrogen (secondary N) is 1. The maximum Gasteiger partial charge on any atom is 0.254 e. The van der Waals surface area contributed by atoms with Gasteiger partial charge in [-0.15, -0.1) is 0 Å². The number of amides is 1. The van der Waals surface area contributed by atoms with Crippen molar-refractivity contribution >= 4 is 15.9 Å². The average molecular weight is 376 g/mol. The van der Waals surface area contributed by atoms with Crippen molar-refractivity contribution in [2.75, 3.05) is 0 Å². The van der Waals surface area contributed by atoms with Crippen LogP contribution in [0.4, 0.5) is 0 Å². The van der Waals surface area contributed by atoms with Gasteiger partial charge in [0.1, 0.15) is 5.76 Å². The van der Waals surface area contributed by atoms with Crippen molar-refractivity contribution < 1.29 is 17.6 Å². The van der Waals surface area contributed by atoms with Crippen molar-refractivity contribution in [2.24, 2.45) is 0 Å². The predicted molar refractivity (Wildman–Crippen MR) is 98.1 cm³/mol. The second kappa shape index (κ2) is 7.63. The van der Waals surface area contributed by atoms with E-state index in [2.05, 4.69) is 18.6 Å². The zero-order chi connectivity index (χ0) is 18.7. The molecule has 1 aromatic heterocycles. The van der Waals surface area contributed by atoms with Crippen LogP contribution in [0.5, 0.6) is 0 Å². The number of benzene rings is 1. The fraction of sp³-hybridized carbons (Fsp3) is 0.421. The molecule has 26 heavy (non-hydrogen) atoms. The highest BCUT2D eigenvalue weighted by molar-refractivity contribution is 7.89. The molecule has 0 unspecified atom stereocenters. The molecule has 2 heterocycles. The van der Waals surface area contributed by atoms with Crippen LogP contribution in [0, 0.1) is 0 Å². The fourth-order valence-electron chi connectivity index (χ4n) is 3.41. The van der Waals surface area contributed by atoms with Gasteiger partial charge in [0, 0.05) is 17.6 Å². The highest BCUT2D eigenvalue weighted by Crippen LogP contribution is 2.25. The summed E-state index contributed by atoms with van der Waals surface area (Å²) in [6.07, 6.45) is 4.62. The largest absolute Gasteiger partial charge is 0.468 e. The maximum atomic E-state index is 12.8. The Labute approximate surface area is 154 Å². The first kappa shape index (κ1) is 18.7. The molecule has 0 bridgehead atoms. The molecule has 140 valence electrons. The quantitative estimate of drug-likeness (QED) is 0.869. The number of carbonyl (C=O) groups excluding carboxylic acids is 1. The van der Waals surface area contributed by atoms with Crippen molar-refractivity contribution in [1.82, 2.24) is 9.62 Å². The van der Waals surface area contributed by atoms with Gasteiger partial charge in [0.2, 0.25) is 10.0 Å². The number of hydrogen-bond acceptors (Lipinski definition) is 4. The van der Waals surface area contributed by atoms with Gasteiger partial charge in [-0.2, -0.15) is 0 Å². The highest BCUT2D eigenvalue weighted by atomic mass is 32.2. The van der Waals surface area contributed by atoms with Gasteiger partial charge in [-0.25, -0.2) is 13.1 Å². The number of sulfonamides is 1. The van der Waals surface area contributed by atoms with Gasteiger partial charge in [0.15, 0.2) is 0 Å². The Bertz CT molecular complexity index is 834. The zero-order valence-corrected chi connectivity index (χ0v) is 15.8. The van der Waals surface area contributed by atoms with Crippen LogP contribution in [0.15, 0.2) is 52.0 Å². The number of piperidine rings is 1. The predicted octanol–water partition coefficient (Wildman–Crippen LogP) is 3.16. The zero-order valence-electron chi connectivity index (χ0n) is 15.0. The number of hydrogen-bond donors (Lipinski definition) is 1. The summed E-state index contributed by atoms with van der Waals surface area (Å²) in [5.74, 6) is 0.491. The SMILES string of the molecule is C[C@H]1CCC[C@H](C)N1C(=O)c1ccc(S(=O)(=O)NCc2ccco2)cc1. The Balaban J connectivity index is 1.72. The van der Waals surface area contributed by atoms with E-state index in [-0.39, 0.29) is 29.4 Å². The van der Waals surface area contributed by atoms with Gasteiger partial charge in [-0.05, 0) is 69.5 Å². The summed E-state index contributed by atoms with van der Waals surface area (Å²) in [4.78, 5) is 14.8. The van der Waals surface area contributed by atoms with Crippen LogP contribution in [0.25, 0.3) is 0 Å². The van der Waals surface area contributed by atoms with Crippen molar-refractivity contribution in [3.8, 4) is 0 Å². The molecule has 2 aromatic rings. The van der Waals surface area contributed by atoms with Crippen molar-refractivity contribution in [3.63, 3.8) is 0 Å². The van der Waals surface area contributed by atoms with Gasteiger partial charge >= 0.3 is 0 Å². The van der Waals surface area contributed by atoms with Crippen LogP contribution in [0.2, 0.25) is 0 Å². The van der Waals surface area contributed by atoms with Crippen LogP contribution in [0.1, 0.15) is 49.2 Å². The third-order valence-corrected chi connectivity index (χ3v) is 6.27. The Kier molecular flexibility index (Phi) is 5.48. The first-order valence-corrected chi connectivity index (χ1v) is 10.3. The summed E-state index contributed by atoms with van der Waals surface area (Å²) in [6, 6.07) is 9.90. The van der Waals surface area contributed by atoms with Crippen LogP contribution < -0.4 is 4.72 Å². The van der Waals surface area contributed by atoms with Gasteiger partial charge in [0.25, 0.3) is 5.91 Å². The minimum absolute atomic E-state index is 0.0443. The van der Waals surface area contributed by atoms with Crippen LogP contribution in [0.3, 0.4) is 0 Å². The van der Waals surface area contributed by atoms with Crippen LogP contribution in [-0.4, -0.2) is 31.3 Å². The molecular formula is C19H24N2O4S. The van der Waals surface area contributed by atoms with Crippen molar-refractivity contribution in [2.45, 2.75) is 56.6 Å². The Morgan fingerprint density at radius 3 is 2.38 bits per heavy atom. The normalized spacial score (nSPS) is 20.9. The minimum Gasteiger partial charge on any atom is -0.468 e. The molecule has 0 aliphatic carbocycles. The second-order valence-corrected chi connectivity index (χ2v) is 8.54. The summed E-state index contributed by atoms with van der Waals surface area (Å²) in [5, 5.41) is 0.